The SMILES string of the molecule is CCCNCc1ccc(OCCCC(=O)NC)c(Cl)c1. The number of amides is 1. The summed E-state index contributed by atoms with van der Waals surface area (Å²) < 4.78 is 5.58. The van der Waals surface area contributed by atoms with Crippen LogP contribution >= 0.6 is 11.6 Å². The van der Waals surface area contributed by atoms with Crippen molar-refractivity contribution in [1.82, 2.24) is 10.6 Å². The highest BCUT2D eigenvalue weighted by molar-refractivity contribution is 6.32. The molecule has 2 N–H and O–H groups in total. The second kappa shape index (κ2) is 9.61. The lowest BCUT2D eigenvalue weighted by Gasteiger charge is -2.10. The van der Waals surface area contributed by atoms with Gasteiger partial charge in [-0.05, 0) is 37.1 Å². The number of benzene rings is 1. The fourth-order valence-electron chi connectivity index (χ4n) is 1.72. The molecule has 1 amide bonds. The van der Waals surface area contributed by atoms with Gasteiger partial charge in [-0.2, -0.15) is 0 Å². The van der Waals surface area contributed by atoms with E-state index >= 15 is 0 Å². The summed E-state index contributed by atoms with van der Waals surface area (Å²) in [5.41, 5.74) is 1.14. The molecule has 0 fully saturated rings. The Kier molecular flexibility index (Phi) is 8.07. The van der Waals surface area contributed by atoms with Crippen LogP contribution in [0.3, 0.4) is 0 Å². The van der Waals surface area contributed by atoms with Crippen LogP contribution in [0.15, 0.2) is 18.2 Å². The Morgan fingerprint density at radius 3 is 2.85 bits per heavy atom. The maximum absolute atomic E-state index is 11.1. The summed E-state index contributed by atoms with van der Waals surface area (Å²) in [4.78, 5) is 11.1. The Labute approximate surface area is 125 Å². The van der Waals surface area contributed by atoms with Crippen LogP contribution in [0, 0.1) is 0 Å². The van der Waals surface area contributed by atoms with Crippen molar-refractivity contribution in [2.75, 3.05) is 20.2 Å². The molecule has 0 spiro atoms. The minimum atomic E-state index is 0.0250. The predicted octanol–water partition coefficient (Wildman–Crippen LogP) is 2.74. The molecule has 0 aliphatic heterocycles. The molecule has 20 heavy (non-hydrogen) atoms. The van der Waals surface area contributed by atoms with Crippen molar-refractivity contribution >= 4 is 17.5 Å². The molecular formula is C15H23ClN2O2. The van der Waals surface area contributed by atoms with Gasteiger partial charge < -0.3 is 15.4 Å². The first kappa shape index (κ1) is 16.8. The van der Waals surface area contributed by atoms with E-state index < -0.39 is 0 Å². The highest BCUT2D eigenvalue weighted by atomic mass is 35.5. The molecule has 0 saturated carbocycles. The van der Waals surface area contributed by atoms with Gasteiger partial charge in [0.2, 0.25) is 5.91 Å². The van der Waals surface area contributed by atoms with E-state index in [4.69, 9.17) is 16.3 Å². The van der Waals surface area contributed by atoms with Crippen molar-refractivity contribution in [3.63, 3.8) is 0 Å². The molecule has 0 atom stereocenters. The molecule has 0 bridgehead atoms. The van der Waals surface area contributed by atoms with Crippen molar-refractivity contribution < 1.29 is 9.53 Å². The third-order valence-electron chi connectivity index (χ3n) is 2.84. The lowest BCUT2D eigenvalue weighted by molar-refractivity contribution is -0.120. The molecular weight excluding hydrogens is 276 g/mol. The van der Waals surface area contributed by atoms with Gasteiger partial charge in [0, 0.05) is 20.0 Å². The van der Waals surface area contributed by atoms with Crippen LogP contribution in [0.2, 0.25) is 5.02 Å². The predicted molar refractivity (Wildman–Crippen MR) is 82.2 cm³/mol. The van der Waals surface area contributed by atoms with Crippen LogP contribution in [-0.2, 0) is 11.3 Å². The lowest BCUT2D eigenvalue weighted by Crippen LogP contribution is -2.18. The van der Waals surface area contributed by atoms with Crippen molar-refractivity contribution in [3.8, 4) is 5.75 Å². The summed E-state index contributed by atoms with van der Waals surface area (Å²) in [6, 6.07) is 5.80. The molecule has 1 aromatic carbocycles. The molecule has 0 aliphatic carbocycles. The second-order valence-corrected chi connectivity index (χ2v) is 4.97. The first-order valence-corrected chi connectivity index (χ1v) is 7.37. The van der Waals surface area contributed by atoms with Gasteiger partial charge in [0.1, 0.15) is 5.75 Å². The standard InChI is InChI=1S/C15H23ClN2O2/c1-3-8-18-11-12-6-7-14(13(16)10-12)20-9-4-5-15(19)17-2/h6-7,10,18H,3-5,8-9,11H2,1-2H3,(H,17,19). The number of hydrogen-bond donors (Lipinski definition) is 2. The maximum Gasteiger partial charge on any atom is 0.219 e. The molecule has 0 saturated heterocycles. The van der Waals surface area contributed by atoms with Crippen molar-refractivity contribution in [2.45, 2.75) is 32.7 Å². The summed E-state index contributed by atoms with van der Waals surface area (Å²) in [6.45, 7) is 4.43. The fraction of sp³-hybridized carbons (Fsp3) is 0.533. The van der Waals surface area contributed by atoms with Crippen LogP contribution in [0.5, 0.6) is 5.75 Å². The molecule has 0 heterocycles. The van der Waals surface area contributed by atoms with Gasteiger partial charge in [-0.3, -0.25) is 4.79 Å². The lowest BCUT2D eigenvalue weighted by atomic mass is 10.2. The fourth-order valence-corrected chi connectivity index (χ4v) is 1.98. The summed E-state index contributed by atoms with van der Waals surface area (Å²) in [5, 5.41) is 6.52. The van der Waals surface area contributed by atoms with Gasteiger partial charge in [0.25, 0.3) is 0 Å². The largest absolute Gasteiger partial charge is 0.492 e. The van der Waals surface area contributed by atoms with Gasteiger partial charge in [0.15, 0.2) is 0 Å². The van der Waals surface area contributed by atoms with Gasteiger partial charge >= 0.3 is 0 Å². The molecule has 0 radical (unpaired) electrons. The van der Waals surface area contributed by atoms with Gasteiger partial charge in [0.05, 0.1) is 11.6 Å². The van der Waals surface area contributed by atoms with E-state index in [-0.39, 0.29) is 5.91 Å². The topological polar surface area (TPSA) is 50.4 Å². The first-order chi connectivity index (χ1) is 9.67. The third kappa shape index (κ3) is 6.26. The quantitative estimate of drug-likeness (QED) is 0.689. The second-order valence-electron chi connectivity index (χ2n) is 4.57. The Morgan fingerprint density at radius 2 is 2.20 bits per heavy atom. The van der Waals surface area contributed by atoms with Crippen molar-refractivity contribution in [1.29, 1.82) is 0 Å². The number of carbonyl (C=O) groups is 1. The van der Waals surface area contributed by atoms with E-state index in [0.29, 0.717) is 30.2 Å². The number of ether oxygens (including phenoxy) is 1. The van der Waals surface area contributed by atoms with Gasteiger partial charge in [-0.1, -0.05) is 24.6 Å². The normalized spacial score (nSPS) is 10.3. The maximum atomic E-state index is 11.1. The highest BCUT2D eigenvalue weighted by Crippen LogP contribution is 2.25. The number of carbonyl (C=O) groups excluding carboxylic acids is 1. The van der Waals surface area contributed by atoms with E-state index in [2.05, 4.69) is 17.6 Å². The number of rotatable bonds is 9. The summed E-state index contributed by atoms with van der Waals surface area (Å²) in [7, 11) is 1.63. The Morgan fingerprint density at radius 1 is 1.40 bits per heavy atom. The molecule has 0 unspecified atom stereocenters. The molecule has 0 aliphatic rings. The van der Waals surface area contributed by atoms with E-state index in [1.54, 1.807) is 7.05 Å². The minimum absolute atomic E-state index is 0.0250. The van der Waals surface area contributed by atoms with Gasteiger partial charge in [-0.15, -0.1) is 0 Å². The average Bonchev–Trinajstić information content (AvgIpc) is 2.45. The first-order valence-electron chi connectivity index (χ1n) is 7.00. The Bertz CT molecular complexity index is 424. The van der Waals surface area contributed by atoms with Crippen molar-refractivity contribution in [3.05, 3.63) is 28.8 Å². The summed E-state index contributed by atoms with van der Waals surface area (Å²) in [5.74, 6) is 0.694. The Hall–Kier alpha value is -1.26. The monoisotopic (exact) mass is 298 g/mol. The van der Waals surface area contributed by atoms with Crippen LogP contribution < -0.4 is 15.4 Å². The average molecular weight is 299 g/mol. The highest BCUT2D eigenvalue weighted by Gasteiger charge is 2.04. The Balaban J connectivity index is 2.37. The van der Waals surface area contributed by atoms with E-state index in [1.165, 1.54) is 0 Å². The zero-order valence-electron chi connectivity index (χ0n) is 12.2. The molecule has 1 rings (SSSR count). The minimum Gasteiger partial charge on any atom is -0.492 e. The zero-order valence-corrected chi connectivity index (χ0v) is 12.9. The number of hydrogen-bond acceptors (Lipinski definition) is 3. The van der Waals surface area contributed by atoms with E-state index in [0.717, 1.165) is 25.1 Å². The van der Waals surface area contributed by atoms with Crippen LogP contribution in [0.25, 0.3) is 0 Å². The molecule has 5 heteroatoms. The molecule has 112 valence electrons. The number of halogens is 1. The van der Waals surface area contributed by atoms with E-state index in [1.807, 2.05) is 18.2 Å². The van der Waals surface area contributed by atoms with Crippen molar-refractivity contribution in [2.24, 2.45) is 0 Å². The van der Waals surface area contributed by atoms with E-state index in [9.17, 15) is 4.79 Å². The summed E-state index contributed by atoms with van der Waals surface area (Å²) in [6.07, 6.45) is 2.25. The molecule has 0 aromatic heterocycles. The summed E-state index contributed by atoms with van der Waals surface area (Å²) >= 11 is 6.18. The number of nitrogens with one attached hydrogen (secondary N) is 2. The third-order valence-corrected chi connectivity index (χ3v) is 3.13. The van der Waals surface area contributed by atoms with Gasteiger partial charge in [-0.25, -0.2) is 0 Å². The molecule has 1 aromatic rings. The van der Waals surface area contributed by atoms with Crippen LogP contribution in [0.1, 0.15) is 31.7 Å². The van der Waals surface area contributed by atoms with Crippen LogP contribution in [-0.4, -0.2) is 26.1 Å². The smallest absolute Gasteiger partial charge is 0.219 e. The molecule has 4 nitrogen and oxygen atoms in total. The zero-order chi connectivity index (χ0) is 14.8. The van der Waals surface area contributed by atoms with Crippen LogP contribution in [0.4, 0.5) is 0 Å².